The number of nitrogens with zero attached hydrogens (tertiary/aromatic N) is 1. The second-order valence-corrected chi connectivity index (χ2v) is 6.82. The van der Waals surface area contributed by atoms with Crippen LogP contribution in [0.3, 0.4) is 0 Å². The smallest absolute Gasteiger partial charge is 0.258 e. The van der Waals surface area contributed by atoms with Crippen LogP contribution in [0.4, 0.5) is 0 Å². The third kappa shape index (κ3) is 5.49. The number of ether oxygens (including phenoxy) is 2. The summed E-state index contributed by atoms with van der Waals surface area (Å²) in [6, 6.07) is 17.1. The third-order valence-corrected chi connectivity index (χ3v) is 4.84. The molecule has 0 aromatic heterocycles. The molecule has 2 aromatic rings. The molecule has 0 aliphatic carbocycles. The third-order valence-electron chi connectivity index (χ3n) is 4.84. The highest BCUT2D eigenvalue weighted by atomic mass is 16.5. The molecule has 2 aromatic carbocycles. The summed E-state index contributed by atoms with van der Waals surface area (Å²) in [6.07, 6.45) is 1.92. The molecule has 6 heteroatoms. The summed E-state index contributed by atoms with van der Waals surface area (Å²) in [7, 11) is 1.56. The molecule has 0 unspecified atom stereocenters. The van der Waals surface area contributed by atoms with Crippen LogP contribution < -0.4 is 14.8 Å². The van der Waals surface area contributed by atoms with Crippen molar-refractivity contribution in [1.82, 2.24) is 10.2 Å². The maximum Gasteiger partial charge on any atom is 0.258 e. The van der Waals surface area contributed by atoms with Gasteiger partial charge in [-0.1, -0.05) is 42.5 Å². The molecule has 6 nitrogen and oxygen atoms in total. The predicted molar refractivity (Wildman–Crippen MR) is 106 cm³/mol. The Morgan fingerprint density at radius 1 is 1.00 bits per heavy atom. The first-order chi connectivity index (χ1) is 13.7. The van der Waals surface area contributed by atoms with Crippen LogP contribution in [0, 0.1) is 0 Å². The van der Waals surface area contributed by atoms with Gasteiger partial charge in [0.25, 0.3) is 5.91 Å². The lowest BCUT2D eigenvalue weighted by Crippen LogP contribution is -2.47. The Morgan fingerprint density at radius 2 is 1.64 bits per heavy atom. The summed E-state index contributed by atoms with van der Waals surface area (Å²) in [5.74, 6) is 1.11. The summed E-state index contributed by atoms with van der Waals surface area (Å²) in [5.41, 5.74) is 1.02. The zero-order valence-electron chi connectivity index (χ0n) is 16.1. The van der Waals surface area contributed by atoms with E-state index in [0.717, 1.165) is 18.4 Å². The molecule has 0 spiro atoms. The molecule has 1 N–H and O–H groups in total. The molecule has 1 aliphatic rings. The van der Waals surface area contributed by atoms with Gasteiger partial charge in [-0.05, 0) is 30.5 Å². The van der Waals surface area contributed by atoms with Gasteiger partial charge in [0.1, 0.15) is 0 Å². The quantitative estimate of drug-likeness (QED) is 0.799. The van der Waals surface area contributed by atoms with E-state index in [2.05, 4.69) is 5.32 Å². The number of carbonyl (C=O) groups is 2. The van der Waals surface area contributed by atoms with Crippen molar-refractivity contribution in [3.8, 4) is 11.5 Å². The molecule has 1 heterocycles. The molecule has 0 radical (unpaired) electrons. The Balaban J connectivity index is 1.40. The van der Waals surface area contributed by atoms with E-state index in [1.54, 1.807) is 19.2 Å². The second kappa shape index (κ2) is 9.78. The van der Waals surface area contributed by atoms with Crippen LogP contribution >= 0.6 is 0 Å². The molecule has 0 saturated carbocycles. The average Bonchev–Trinajstić information content (AvgIpc) is 2.73. The summed E-state index contributed by atoms with van der Waals surface area (Å²) >= 11 is 0. The van der Waals surface area contributed by atoms with Crippen LogP contribution in [0.5, 0.6) is 11.5 Å². The summed E-state index contributed by atoms with van der Waals surface area (Å²) in [4.78, 5) is 26.5. The Hall–Kier alpha value is -3.02. The Morgan fingerprint density at radius 3 is 2.32 bits per heavy atom. The van der Waals surface area contributed by atoms with E-state index in [1.807, 2.05) is 47.4 Å². The number of nitrogens with one attached hydrogen (secondary N) is 1. The minimum atomic E-state index is -0.167. The predicted octanol–water partition coefficient (Wildman–Crippen LogP) is 2.42. The number of para-hydroxylation sites is 2. The van der Waals surface area contributed by atoms with Crippen molar-refractivity contribution in [1.29, 1.82) is 0 Å². The number of piperidine rings is 1. The number of amides is 2. The molecule has 148 valence electrons. The van der Waals surface area contributed by atoms with E-state index in [4.69, 9.17) is 9.47 Å². The van der Waals surface area contributed by atoms with Gasteiger partial charge >= 0.3 is 0 Å². The van der Waals surface area contributed by atoms with Crippen molar-refractivity contribution < 1.29 is 19.1 Å². The van der Waals surface area contributed by atoms with Crippen molar-refractivity contribution in [3.05, 3.63) is 60.2 Å². The van der Waals surface area contributed by atoms with Crippen LogP contribution in [0.15, 0.2) is 54.6 Å². The summed E-state index contributed by atoms with van der Waals surface area (Å²) in [6.45, 7) is 1.25. The van der Waals surface area contributed by atoms with E-state index in [1.165, 1.54) is 0 Å². The fraction of sp³-hybridized carbons (Fsp3) is 0.364. The van der Waals surface area contributed by atoms with E-state index < -0.39 is 0 Å². The van der Waals surface area contributed by atoms with Crippen molar-refractivity contribution in [3.63, 3.8) is 0 Å². The normalized spacial score (nSPS) is 14.4. The van der Waals surface area contributed by atoms with E-state index in [-0.39, 0.29) is 24.5 Å². The maximum atomic E-state index is 12.4. The van der Waals surface area contributed by atoms with Crippen molar-refractivity contribution in [2.45, 2.75) is 25.3 Å². The number of hydrogen-bond donors (Lipinski definition) is 1. The van der Waals surface area contributed by atoms with Crippen LogP contribution in [0.1, 0.15) is 18.4 Å². The highest BCUT2D eigenvalue weighted by molar-refractivity contribution is 5.79. The van der Waals surface area contributed by atoms with E-state index in [9.17, 15) is 9.59 Å². The minimum absolute atomic E-state index is 0.0620. The van der Waals surface area contributed by atoms with Crippen molar-refractivity contribution in [2.24, 2.45) is 0 Å². The zero-order valence-corrected chi connectivity index (χ0v) is 16.1. The molecular weight excluding hydrogens is 356 g/mol. The fourth-order valence-corrected chi connectivity index (χ4v) is 3.31. The lowest BCUT2D eigenvalue weighted by Gasteiger charge is -2.32. The molecule has 2 amide bonds. The molecule has 1 aliphatic heterocycles. The Labute approximate surface area is 165 Å². The summed E-state index contributed by atoms with van der Waals surface area (Å²) < 4.78 is 10.8. The van der Waals surface area contributed by atoms with Gasteiger partial charge in [-0.25, -0.2) is 0 Å². The molecular formula is C22H26N2O4. The van der Waals surface area contributed by atoms with Gasteiger partial charge in [0.15, 0.2) is 18.1 Å². The second-order valence-electron chi connectivity index (χ2n) is 6.82. The first kappa shape index (κ1) is 19.7. The highest BCUT2D eigenvalue weighted by Gasteiger charge is 2.24. The number of carbonyl (C=O) groups excluding carboxylic acids is 2. The molecule has 1 fully saturated rings. The van der Waals surface area contributed by atoms with E-state index >= 15 is 0 Å². The largest absolute Gasteiger partial charge is 0.493 e. The molecule has 0 bridgehead atoms. The van der Waals surface area contributed by atoms with Gasteiger partial charge < -0.3 is 19.7 Å². The molecule has 1 saturated heterocycles. The Kier molecular flexibility index (Phi) is 6.89. The van der Waals surface area contributed by atoms with Crippen molar-refractivity contribution in [2.75, 3.05) is 26.8 Å². The number of methoxy groups -OCH3 is 1. The minimum Gasteiger partial charge on any atom is -0.493 e. The maximum absolute atomic E-state index is 12.4. The van der Waals surface area contributed by atoms with Crippen LogP contribution in [-0.4, -0.2) is 49.6 Å². The van der Waals surface area contributed by atoms with Crippen LogP contribution in [0.2, 0.25) is 0 Å². The molecule has 3 rings (SSSR count). The topological polar surface area (TPSA) is 67.9 Å². The van der Waals surface area contributed by atoms with Gasteiger partial charge in [-0.2, -0.15) is 0 Å². The number of likely N-dealkylation sites (tertiary alicyclic amines) is 1. The van der Waals surface area contributed by atoms with Gasteiger partial charge in [0.2, 0.25) is 5.91 Å². The lowest BCUT2D eigenvalue weighted by atomic mass is 10.0. The number of rotatable bonds is 7. The molecule has 28 heavy (non-hydrogen) atoms. The number of benzene rings is 2. The van der Waals surface area contributed by atoms with Crippen LogP contribution in [-0.2, 0) is 16.0 Å². The van der Waals surface area contributed by atoms with Crippen LogP contribution in [0.25, 0.3) is 0 Å². The van der Waals surface area contributed by atoms with Gasteiger partial charge in [-0.15, -0.1) is 0 Å². The average molecular weight is 382 g/mol. The molecule has 0 atom stereocenters. The number of hydrogen-bond acceptors (Lipinski definition) is 4. The first-order valence-electron chi connectivity index (χ1n) is 9.52. The lowest BCUT2D eigenvalue weighted by molar-refractivity contribution is -0.131. The van der Waals surface area contributed by atoms with Gasteiger partial charge in [-0.3, -0.25) is 9.59 Å². The Bertz CT molecular complexity index is 786. The fourth-order valence-electron chi connectivity index (χ4n) is 3.31. The highest BCUT2D eigenvalue weighted by Crippen LogP contribution is 2.25. The SMILES string of the molecule is COc1ccccc1OCC(=O)NC1CCN(C(=O)Cc2ccccc2)CC1. The first-order valence-corrected chi connectivity index (χ1v) is 9.52. The van der Waals surface area contributed by atoms with E-state index in [0.29, 0.717) is 31.0 Å². The van der Waals surface area contributed by atoms with Crippen molar-refractivity contribution >= 4 is 11.8 Å². The monoisotopic (exact) mass is 382 g/mol. The standard InChI is InChI=1S/C22H26N2O4/c1-27-19-9-5-6-10-20(19)28-16-21(25)23-18-11-13-24(14-12-18)22(26)15-17-7-3-2-4-8-17/h2-10,18H,11-16H2,1H3,(H,23,25). The zero-order chi connectivity index (χ0) is 19.8. The summed E-state index contributed by atoms with van der Waals surface area (Å²) in [5, 5.41) is 2.99. The van der Waals surface area contributed by atoms with Gasteiger partial charge in [0, 0.05) is 19.1 Å². The van der Waals surface area contributed by atoms with Gasteiger partial charge in [0.05, 0.1) is 13.5 Å².